The van der Waals surface area contributed by atoms with E-state index in [2.05, 4.69) is 16.0 Å². The number of nitrogens with one attached hydrogen (secondary N) is 3. The van der Waals surface area contributed by atoms with Gasteiger partial charge in [0.05, 0.1) is 0 Å². The molecule has 2 unspecified atom stereocenters. The molecule has 188 valence electrons. The minimum atomic E-state index is -0.378. The van der Waals surface area contributed by atoms with E-state index in [1.54, 1.807) is 0 Å². The number of hydrogen-bond donors (Lipinski definition) is 3. The highest BCUT2D eigenvalue weighted by atomic mass is 16.2. The van der Waals surface area contributed by atoms with Gasteiger partial charge in [0, 0.05) is 36.4 Å². The van der Waals surface area contributed by atoms with Crippen LogP contribution >= 0.6 is 0 Å². The Hall–Kier alpha value is -1.59. The molecule has 33 heavy (non-hydrogen) atoms. The standard InChI is InChI=1S/C27H47N3O3/c1-20(26(32)29-22-14-7-3-8-15-22)24(27(33)30-23-16-9-4-10-17-23)18-11-19-25(31)28-21-12-5-2-6-13-21/h20-24H,2-19H2,1H3,(H,28,31)(H,29,32)(H,30,33). The van der Waals surface area contributed by atoms with E-state index in [-0.39, 0.29) is 41.6 Å². The molecule has 0 aromatic rings. The summed E-state index contributed by atoms with van der Waals surface area (Å²) in [7, 11) is 0. The van der Waals surface area contributed by atoms with Crippen LogP contribution in [0, 0.1) is 11.8 Å². The van der Waals surface area contributed by atoms with Crippen LogP contribution in [0.4, 0.5) is 0 Å². The quantitative estimate of drug-likeness (QED) is 0.438. The van der Waals surface area contributed by atoms with E-state index in [4.69, 9.17) is 0 Å². The summed E-state index contributed by atoms with van der Waals surface area (Å²) in [5.41, 5.74) is 0. The highest BCUT2D eigenvalue weighted by Crippen LogP contribution is 2.24. The Balaban J connectivity index is 1.52. The molecule has 6 nitrogen and oxygen atoms in total. The second-order valence-corrected chi connectivity index (χ2v) is 10.9. The summed E-state index contributed by atoms with van der Waals surface area (Å²) in [6.07, 6.45) is 18.8. The van der Waals surface area contributed by atoms with Crippen molar-refractivity contribution < 1.29 is 14.4 Å². The molecular weight excluding hydrogens is 414 g/mol. The average molecular weight is 462 g/mol. The number of hydrogen-bond acceptors (Lipinski definition) is 3. The van der Waals surface area contributed by atoms with Crippen LogP contribution in [-0.2, 0) is 14.4 Å². The van der Waals surface area contributed by atoms with Crippen molar-refractivity contribution in [3.05, 3.63) is 0 Å². The van der Waals surface area contributed by atoms with Crippen LogP contribution in [0.3, 0.4) is 0 Å². The van der Waals surface area contributed by atoms with Gasteiger partial charge in [0.2, 0.25) is 17.7 Å². The lowest BCUT2D eigenvalue weighted by atomic mass is 9.85. The molecule has 3 N–H and O–H groups in total. The van der Waals surface area contributed by atoms with E-state index in [0.29, 0.717) is 25.3 Å². The third kappa shape index (κ3) is 8.94. The molecule has 3 aliphatic rings. The van der Waals surface area contributed by atoms with Gasteiger partial charge in [-0.25, -0.2) is 0 Å². The van der Waals surface area contributed by atoms with Crippen molar-refractivity contribution in [3.8, 4) is 0 Å². The first-order valence-corrected chi connectivity index (χ1v) is 13.9. The third-order valence-corrected chi connectivity index (χ3v) is 8.15. The zero-order valence-electron chi connectivity index (χ0n) is 20.8. The van der Waals surface area contributed by atoms with Gasteiger partial charge in [0.15, 0.2) is 0 Å². The summed E-state index contributed by atoms with van der Waals surface area (Å²) >= 11 is 0. The molecule has 0 spiro atoms. The van der Waals surface area contributed by atoms with Crippen LogP contribution in [0.5, 0.6) is 0 Å². The summed E-state index contributed by atoms with van der Waals surface area (Å²) in [5, 5.41) is 9.63. The maximum absolute atomic E-state index is 13.3. The molecule has 3 amide bonds. The van der Waals surface area contributed by atoms with Gasteiger partial charge in [-0.05, 0) is 51.4 Å². The fourth-order valence-electron chi connectivity index (χ4n) is 5.95. The van der Waals surface area contributed by atoms with Crippen molar-refractivity contribution in [1.82, 2.24) is 16.0 Å². The van der Waals surface area contributed by atoms with Crippen molar-refractivity contribution >= 4 is 17.7 Å². The van der Waals surface area contributed by atoms with Gasteiger partial charge in [0.25, 0.3) is 0 Å². The van der Waals surface area contributed by atoms with Gasteiger partial charge in [-0.15, -0.1) is 0 Å². The van der Waals surface area contributed by atoms with Gasteiger partial charge < -0.3 is 16.0 Å². The first-order valence-electron chi connectivity index (χ1n) is 13.9. The van der Waals surface area contributed by atoms with Crippen LogP contribution in [0.1, 0.15) is 122 Å². The van der Waals surface area contributed by atoms with E-state index in [1.807, 2.05) is 6.92 Å². The Morgan fingerprint density at radius 3 is 1.55 bits per heavy atom. The van der Waals surface area contributed by atoms with Crippen LogP contribution in [0.15, 0.2) is 0 Å². The molecule has 3 saturated carbocycles. The van der Waals surface area contributed by atoms with Crippen LogP contribution in [0.2, 0.25) is 0 Å². The largest absolute Gasteiger partial charge is 0.353 e. The Bertz CT molecular complexity index is 620. The average Bonchev–Trinajstić information content (AvgIpc) is 2.83. The third-order valence-electron chi connectivity index (χ3n) is 8.15. The Morgan fingerprint density at radius 2 is 1.06 bits per heavy atom. The van der Waals surface area contributed by atoms with E-state index in [0.717, 1.165) is 51.4 Å². The first kappa shape index (κ1) is 26.0. The summed E-state index contributed by atoms with van der Waals surface area (Å²) in [6, 6.07) is 0.797. The van der Waals surface area contributed by atoms with Crippen molar-refractivity contribution in [2.45, 2.75) is 141 Å². The van der Waals surface area contributed by atoms with Crippen LogP contribution in [-0.4, -0.2) is 35.8 Å². The molecule has 0 aromatic heterocycles. The molecule has 2 atom stereocenters. The van der Waals surface area contributed by atoms with Gasteiger partial charge >= 0.3 is 0 Å². The summed E-state index contributed by atoms with van der Waals surface area (Å²) < 4.78 is 0. The predicted octanol–water partition coefficient (Wildman–Crippen LogP) is 4.76. The molecule has 0 aliphatic heterocycles. The monoisotopic (exact) mass is 461 g/mol. The van der Waals surface area contributed by atoms with Crippen molar-refractivity contribution in [2.24, 2.45) is 11.8 Å². The topological polar surface area (TPSA) is 87.3 Å². The Morgan fingerprint density at radius 1 is 0.636 bits per heavy atom. The zero-order chi connectivity index (χ0) is 23.5. The van der Waals surface area contributed by atoms with E-state index in [9.17, 15) is 14.4 Å². The molecule has 3 rings (SSSR count). The van der Waals surface area contributed by atoms with Gasteiger partial charge in [-0.1, -0.05) is 64.7 Å². The summed E-state index contributed by atoms with van der Waals surface area (Å²) in [6.45, 7) is 1.89. The van der Waals surface area contributed by atoms with Gasteiger partial charge in [-0.2, -0.15) is 0 Å². The maximum Gasteiger partial charge on any atom is 0.224 e. The summed E-state index contributed by atoms with van der Waals surface area (Å²) in [4.78, 5) is 38.7. The smallest absolute Gasteiger partial charge is 0.224 e. The Kier molecular flexibility index (Phi) is 11.0. The zero-order valence-corrected chi connectivity index (χ0v) is 20.8. The molecule has 3 aliphatic carbocycles. The SMILES string of the molecule is CC(C(=O)NC1CCCCC1)C(CCCC(=O)NC1CCCCC1)C(=O)NC1CCCCC1. The summed E-state index contributed by atoms with van der Waals surface area (Å²) in [5.74, 6) is -0.666. The highest BCUT2D eigenvalue weighted by Gasteiger charge is 2.32. The lowest BCUT2D eigenvalue weighted by Gasteiger charge is -2.30. The lowest BCUT2D eigenvalue weighted by Crippen LogP contribution is -2.47. The van der Waals surface area contributed by atoms with Crippen molar-refractivity contribution in [1.29, 1.82) is 0 Å². The number of amides is 3. The minimum Gasteiger partial charge on any atom is -0.353 e. The fraction of sp³-hybridized carbons (Fsp3) is 0.889. The normalized spacial score (nSPS) is 22.8. The molecular formula is C27H47N3O3. The van der Waals surface area contributed by atoms with Crippen molar-refractivity contribution in [2.75, 3.05) is 0 Å². The fourth-order valence-corrected chi connectivity index (χ4v) is 5.95. The molecule has 3 fully saturated rings. The number of carbonyl (C=O) groups excluding carboxylic acids is 3. The lowest BCUT2D eigenvalue weighted by molar-refractivity contribution is -0.135. The van der Waals surface area contributed by atoms with Gasteiger partial charge in [0.1, 0.15) is 0 Å². The van der Waals surface area contributed by atoms with E-state index < -0.39 is 0 Å². The van der Waals surface area contributed by atoms with Crippen LogP contribution < -0.4 is 16.0 Å². The molecule has 0 saturated heterocycles. The molecule has 0 heterocycles. The van der Waals surface area contributed by atoms with Crippen molar-refractivity contribution in [3.63, 3.8) is 0 Å². The first-order chi connectivity index (χ1) is 16.0. The highest BCUT2D eigenvalue weighted by molar-refractivity contribution is 5.87. The van der Waals surface area contributed by atoms with E-state index in [1.165, 1.54) is 44.9 Å². The van der Waals surface area contributed by atoms with Gasteiger partial charge in [-0.3, -0.25) is 14.4 Å². The predicted molar refractivity (Wildman–Crippen MR) is 132 cm³/mol. The number of rotatable bonds is 10. The van der Waals surface area contributed by atoms with E-state index >= 15 is 0 Å². The second kappa shape index (κ2) is 14.0. The molecule has 0 radical (unpaired) electrons. The minimum absolute atomic E-state index is 0.000817. The molecule has 6 heteroatoms. The van der Waals surface area contributed by atoms with Crippen LogP contribution in [0.25, 0.3) is 0 Å². The maximum atomic E-state index is 13.3. The number of carbonyl (C=O) groups is 3. The molecule has 0 aromatic carbocycles. The second-order valence-electron chi connectivity index (χ2n) is 10.9. The molecule has 0 bridgehead atoms. The Labute approximate surface area is 200 Å².